The average Bonchev–Trinajstić information content (AvgIpc) is 1.95. The molecule has 0 rings (SSSR count). The highest BCUT2D eigenvalue weighted by atomic mass is 16.2. The molecular formula is C8H14N4O. The van der Waals surface area contributed by atoms with Crippen LogP contribution < -0.4 is 11.2 Å². The van der Waals surface area contributed by atoms with Crippen molar-refractivity contribution in [2.75, 3.05) is 6.54 Å². The van der Waals surface area contributed by atoms with Gasteiger partial charge in [-0.3, -0.25) is 0 Å². The molecule has 5 heteroatoms. The Hall–Kier alpha value is -1.57. The molecule has 0 aliphatic carbocycles. The molecule has 2 amide bonds. The summed E-state index contributed by atoms with van der Waals surface area (Å²) in [6.07, 6.45) is 0. The maximum absolute atomic E-state index is 10.4. The van der Waals surface area contributed by atoms with Crippen LogP contribution in [-0.2, 0) is 0 Å². The molecule has 5 nitrogen and oxygen atoms in total. The Labute approximate surface area is 77.8 Å². The topological polar surface area (TPSA) is 71.8 Å². The predicted octanol–water partition coefficient (Wildman–Crippen LogP) is 0.976. The van der Waals surface area contributed by atoms with Gasteiger partial charge in [0.25, 0.3) is 6.54 Å². The molecule has 13 heavy (non-hydrogen) atoms. The molecule has 0 unspecified atom stereocenters. The van der Waals surface area contributed by atoms with Gasteiger partial charge in [-0.2, -0.15) is 5.10 Å². The molecule has 0 aliphatic rings. The monoisotopic (exact) mass is 182 g/mol. The second kappa shape index (κ2) is 4.45. The van der Waals surface area contributed by atoms with Gasteiger partial charge in [-0.05, 0) is 0 Å². The first-order valence-corrected chi connectivity index (χ1v) is 3.83. The zero-order valence-corrected chi connectivity index (χ0v) is 8.09. The van der Waals surface area contributed by atoms with Crippen LogP contribution in [0.5, 0.6) is 0 Å². The fourth-order valence-electron chi connectivity index (χ4n) is 0.638. The van der Waals surface area contributed by atoms with Gasteiger partial charge in [0.1, 0.15) is 5.71 Å². The van der Waals surface area contributed by atoms with Crippen molar-refractivity contribution in [2.45, 2.75) is 20.8 Å². The summed E-state index contributed by atoms with van der Waals surface area (Å²) >= 11 is 0. The van der Waals surface area contributed by atoms with Crippen LogP contribution in [0.4, 0.5) is 4.79 Å². The summed E-state index contributed by atoms with van der Waals surface area (Å²) in [5.74, 6) is 0. The smallest absolute Gasteiger partial charge is 0.332 e. The number of primary amides is 1. The number of urea groups is 1. The Morgan fingerprint density at radius 3 is 2.46 bits per heavy atom. The van der Waals surface area contributed by atoms with Crippen LogP contribution >= 0.6 is 0 Å². The number of hydrogen-bond acceptors (Lipinski definition) is 2. The second-order valence-electron chi connectivity index (χ2n) is 3.60. The highest BCUT2D eigenvalue weighted by Crippen LogP contribution is 2.15. The van der Waals surface area contributed by atoms with Crippen LogP contribution in [0.2, 0.25) is 0 Å². The highest BCUT2D eigenvalue weighted by molar-refractivity contribution is 5.92. The van der Waals surface area contributed by atoms with Crippen molar-refractivity contribution < 1.29 is 4.79 Å². The first-order valence-electron chi connectivity index (χ1n) is 3.83. The summed E-state index contributed by atoms with van der Waals surface area (Å²) in [5, 5.41) is 3.76. The van der Waals surface area contributed by atoms with Crippen LogP contribution in [0.25, 0.3) is 4.85 Å². The first-order chi connectivity index (χ1) is 5.88. The van der Waals surface area contributed by atoms with Crippen molar-refractivity contribution in [3.8, 4) is 0 Å². The van der Waals surface area contributed by atoms with Gasteiger partial charge >= 0.3 is 6.03 Å². The van der Waals surface area contributed by atoms with Crippen LogP contribution in [0.1, 0.15) is 20.8 Å². The molecule has 0 spiro atoms. The number of nitrogens with two attached hydrogens (primary N) is 1. The number of nitrogens with zero attached hydrogens (tertiary/aromatic N) is 2. The van der Waals surface area contributed by atoms with E-state index in [4.69, 9.17) is 12.3 Å². The number of carbonyl (C=O) groups is 1. The Kier molecular flexibility index (Phi) is 3.92. The number of nitrogens with one attached hydrogen (secondary N) is 1. The van der Waals surface area contributed by atoms with Crippen molar-refractivity contribution in [1.29, 1.82) is 0 Å². The largest absolute Gasteiger partial charge is 0.350 e. The normalized spacial score (nSPS) is 12.0. The summed E-state index contributed by atoms with van der Waals surface area (Å²) in [7, 11) is 0. The maximum atomic E-state index is 10.4. The van der Waals surface area contributed by atoms with Gasteiger partial charge in [0.05, 0.1) is 0 Å². The van der Waals surface area contributed by atoms with E-state index in [1.54, 1.807) is 0 Å². The molecule has 0 heterocycles. The molecule has 3 N–H and O–H groups in total. The minimum Gasteiger partial charge on any atom is -0.350 e. The molecule has 0 bridgehead atoms. The minimum atomic E-state index is -0.716. The van der Waals surface area contributed by atoms with Crippen LogP contribution in [0, 0.1) is 12.0 Å². The van der Waals surface area contributed by atoms with E-state index < -0.39 is 6.03 Å². The first kappa shape index (κ1) is 11.4. The number of amides is 2. The van der Waals surface area contributed by atoms with E-state index in [-0.39, 0.29) is 12.0 Å². The number of carbonyl (C=O) groups excluding carboxylic acids is 1. The fraction of sp³-hybridized carbons (Fsp3) is 0.625. The molecule has 0 aliphatic heterocycles. The van der Waals surface area contributed by atoms with E-state index in [1.165, 1.54) is 0 Å². The van der Waals surface area contributed by atoms with E-state index in [2.05, 4.69) is 15.4 Å². The third-order valence-electron chi connectivity index (χ3n) is 1.40. The third-order valence-corrected chi connectivity index (χ3v) is 1.40. The molecule has 72 valence electrons. The van der Waals surface area contributed by atoms with Gasteiger partial charge in [-0.15, -0.1) is 0 Å². The maximum Gasteiger partial charge on any atom is 0.332 e. The molecule has 0 aromatic heterocycles. The van der Waals surface area contributed by atoms with E-state index in [0.717, 1.165) is 0 Å². The van der Waals surface area contributed by atoms with Crippen molar-refractivity contribution >= 4 is 11.7 Å². The zero-order valence-electron chi connectivity index (χ0n) is 8.09. The van der Waals surface area contributed by atoms with E-state index in [1.807, 2.05) is 20.8 Å². The summed E-state index contributed by atoms with van der Waals surface area (Å²) in [6, 6.07) is -0.716. The van der Waals surface area contributed by atoms with Gasteiger partial charge < -0.3 is 10.6 Å². The average molecular weight is 182 g/mol. The SMILES string of the molecule is [C-]#[N+]CC(=NNC(N)=O)C(C)(C)C. The lowest BCUT2D eigenvalue weighted by molar-refractivity contribution is 0.249. The standard InChI is InChI=1S/C8H14N4O/c1-8(2,3)6(5-10-4)11-12-7(9)13/h5H2,1-3H3,(H3,9,12,13). The van der Waals surface area contributed by atoms with E-state index in [0.29, 0.717) is 5.71 Å². The van der Waals surface area contributed by atoms with Crippen molar-refractivity contribution in [3.63, 3.8) is 0 Å². The zero-order chi connectivity index (χ0) is 10.5. The molecule has 0 aromatic carbocycles. The van der Waals surface area contributed by atoms with Gasteiger partial charge in [0, 0.05) is 5.41 Å². The fourth-order valence-corrected chi connectivity index (χ4v) is 0.638. The molecule has 0 aromatic rings. The lowest BCUT2D eigenvalue weighted by atomic mass is 9.90. The summed E-state index contributed by atoms with van der Waals surface area (Å²) in [5.41, 5.74) is 7.35. The second-order valence-corrected chi connectivity index (χ2v) is 3.60. The lowest BCUT2D eigenvalue weighted by Crippen LogP contribution is -2.30. The van der Waals surface area contributed by atoms with E-state index in [9.17, 15) is 4.79 Å². The summed E-state index contributed by atoms with van der Waals surface area (Å²) in [4.78, 5) is 13.6. The lowest BCUT2D eigenvalue weighted by Gasteiger charge is -2.16. The molecule has 0 saturated carbocycles. The van der Waals surface area contributed by atoms with Crippen molar-refractivity contribution in [3.05, 3.63) is 11.4 Å². The van der Waals surface area contributed by atoms with Crippen LogP contribution in [0.15, 0.2) is 5.10 Å². The Morgan fingerprint density at radius 2 is 2.15 bits per heavy atom. The number of hydrogen-bond donors (Lipinski definition) is 2. The van der Waals surface area contributed by atoms with Gasteiger partial charge in [0.15, 0.2) is 0 Å². The highest BCUT2D eigenvalue weighted by Gasteiger charge is 2.21. The van der Waals surface area contributed by atoms with Crippen molar-refractivity contribution in [1.82, 2.24) is 5.43 Å². The quantitative estimate of drug-likeness (QED) is 0.373. The third kappa shape index (κ3) is 4.80. The van der Waals surface area contributed by atoms with Crippen LogP contribution in [-0.4, -0.2) is 18.3 Å². The van der Waals surface area contributed by atoms with E-state index >= 15 is 0 Å². The predicted molar refractivity (Wildman–Crippen MR) is 51.1 cm³/mol. The Morgan fingerprint density at radius 1 is 1.62 bits per heavy atom. The molecule has 0 fully saturated rings. The molecular weight excluding hydrogens is 168 g/mol. The molecule has 0 saturated heterocycles. The van der Waals surface area contributed by atoms with Gasteiger partial charge in [-0.1, -0.05) is 20.8 Å². The molecule has 0 radical (unpaired) electrons. The number of rotatable bonds is 2. The molecule has 0 atom stereocenters. The summed E-state index contributed by atoms with van der Waals surface area (Å²) in [6.45, 7) is 12.6. The number of hydrazone groups is 1. The van der Waals surface area contributed by atoms with Crippen molar-refractivity contribution in [2.24, 2.45) is 16.3 Å². The van der Waals surface area contributed by atoms with Gasteiger partial charge in [-0.25, -0.2) is 16.8 Å². The Balaban J connectivity index is 4.53. The Bertz CT molecular complexity index is 256. The summed E-state index contributed by atoms with van der Waals surface area (Å²) < 4.78 is 0. The minimum absolute atomic E-state index is 0.170. The van der Waals surface area contributed by atoms with Crippen LogP contribution in [0.3, 0.4) is 0 Å². The van der Waals surface area contributed by atoms with Gasteiger partial charge in [0.2, 0.25) is 0 Å².